The summed E-state index contributed by atoms with van der Waals surface area (Å²) in [6.07, 6.45) is 8.69. The van der Waals surface area contributed by atoms with E-state index < -0.39 is 0 Å². The highest BCUT2D eigenvalue weighted by Crippen LogP contribution is 2.50. The lowest BCUT2D eigenvalue weighted by Gasteiger charge is -2.24. The summed E-state index contributed by atoms with van der Waals surface area (Å²) < 4.78 is 0. The Balaban J connectivity index is 1.10. The Hall–Kier alpha value is -8.46. The highest BCUT2D eigenvalue weighted by atomic mass is 14.9. The Bertz CT molecular complexity index is 3320. The monoisotopic (exact) mass is 858 g/mol. The first kappa shape index (κ1) is 42.5. The van der Waals surface area contributed by atoms with Gasteiger partial charge in [0, 0.05) is 11.3 Å². The minimum atomic E-state index is 0.633. The maximum Gasteiger partial charge on any atom is 0.160 e. The zero-order valence-corrected chi connectivity index (χ0v) is 37.7. The van der Waals surface area contributed by atoms with Gasteiger partial charge in [-0.1, -0.05) is 231 Å². The number of benzene rings is 9. The summed E-state index contributed by atoms with van der Waals surface area (Å²) in [4.78, 5) is 10.2. The van der Waals surface area contributed by atoms with Gasteiger partial charge >= 0.3 is 0 Å². The van der Waals surface area contributed by atoms with E-state index in [1.165, 1.54) is 50.1 Å². The van der Waals surface area contributed by atoms with Gasteiger partial charge < -0.3 is 0 Å². The fraction of sp³-hybridized carbons (Fsp3) is 0.0462. The highest BCUT2D eigenvalue weighted by Gasteiger charge is 2.24. The van der Waals surface area contributed by atoms with Crippen LogP contribution in [0.25, 0.3) is 83.6 Å². The molecule has 0 amide bonds. The summed E-state index contributed by atoms with van der Waals surface area (Å²) in [6, 6.07) is 82.4. The summed E-state index contributed by atoms with van der Waals surface area (Å²) in [5, 5.41) is 0. The van der Waals surface area contributed by atoms with Crippen LogP contribution >= 0.6 is 0 Å². The molecule has 0 spiro atoms. The van der Waals surface area contributed by atoms with Gasteiger partial charge in [0.2, 0.25) is 0 Å². The lowest BCUT2D eigenvalue weighted by Crippen LogP contribution is -2.05. The molecule has 1 aliphatic rings. The molecule has 320 valence electrons. The number of hydrogen-bond acceptors (Lipinski definition) is 1. The van der Waals surface area contributed by atoms with Crippen LogP contribution in [0.3, 0.4) is 0 Å². The molecule has 0 aliphatic heterocycles. The van der Waals surface area contributed by atoms with E-state index in [-0.39, 0.29) is 0 Å². The van der Waals surface area contributed by atoms with Crippen molar-refractivity contribution in [2.24, 2.45) is 9.98 Å². The van der Waals surface area contributed by atoms with Crippen LogP contribution in [0.1, 0.15) is 30.9 Å². The van der Waals surface area contributed by atoms with Gasteiger partial charge in [0.15, 0.2) is 5.84 Å². The smallest absolute Gasteiger partial charge is 0.160 e. The van der Waals surface area contributed by atoms with Crippen molar-refractivity contribution in [2.75, 3.05) is 0 Å². The van der Waals surface area contributed by atoms with Crippen molar-refractivity contribution in [3.8, 4) is 77.9 Å². The molecule has 9 aromatic rings. The Morgan fingerprint density at radius 1 is 0.373 bits per heavy atom. The maximum atomic E-state index is 5.16. The lowest BCUT2D eigenvalue weighted by molar-refractivity contribution is 1.03. The van der Waals surface area contributed by atoms with Crippen LogP contribution in [-0.4, -0.2) is 11.5 Å². The van der Waals surface area contributed by atoms with Crippen molar-refractivity contribution in [3.05, 3.63) is 272 Å². The zero-order chi connectivity index (χ0) is 45.4. The predicted molar refractivity (Wildman–Crippen MR) is 286 cm³/mol. The van der Waals surface area contributed by atoms with E-state index in [4.69, 9.17) is 9.98 Å². The van der Waals surface area contributed by atoms with E-state index in [1.807, 2.05) is 30.3 Å². The molecule has 0 unspecified atom stereocenters. The van der Waals surface area contributed by atoms with Crippen LogP contribution in [0, 0.1) is 0 Å². The summed E-state index contributed by atoms with van der Waals surface area (Å²) in [5.74, 6) is 0.633. The summed E-state index contributed by atoms with van der Waals surface area (Å²) in [6.45, 7) is 6.42. The van der Waals surface area contributed by atoms with E-state index in [9.17, 15) is 0 Å². The highest BCUT2D eigenvalue weighted by molar-refractivity contribution is 6.14. The molecule has 0 saturated heterocycles. The lowest BCUT2D eigenvalue weighted by atomic mass is 9.78. The summed E-state index contributed by atoms with van der Waals surface area (Å²) >= 11 is 0. The van der Waals surface area contributed by atoms with Crippen molar-refractivity contribution in [2.45, 2.75) is 19.8 Å². The van der Waals surface area contributed by atoms with Gasteiger partial charge in [0.05, 0.1) is 5.70 Å². The van der Waals surface area contributed by atoms with Gasteiger partial charge in [-0.25, -0.2) is 9.98 Å². The molecule has 1 aliphatic carbocycles. The first-order valence-corrected chi connectivity index (χ1v) is 23.1. The fourth-order valence-corrected chi connectivity index (χ4v) is 9.12. The number of amidine groups is 1. The first-order valence-electron chi connectivity index (χ1n) is 23.1. The van der Waals surface area contributed by atoms with E-state index in [1.54, 1.807) is 0 Å². The minimum absolute atomic E-state index is 0.633. The van der Waals surface area contributed by atoms with Gasteiger partial charge in [-0.2, -0.15) is 0 Å². The third-order valence-corrected chi connectivity index (χ3v) is 12.5. The minimum Gasteiger partial charge on any atom is -0.233 e. The zero-order valence-electron chi connectivity index (χ0n) is 37.7. The van der Waals surface area contributed by atoms with E-state index >= 15 is 0 Å². The molecule has 0 heterocycles. The fourth-order valence-electron chi connectivity index (χ4n) is 9.12. The van der Waals surface area contributed by atoms with Crippen molar-refractivity contribution in [1.82, 2.24) is 0 Å². The van der Waals surface area contributed by atoms with Crippen LogP contribution < -0.4 is 0 Å². The van der Waals surface area contributed by atoms with Gasteiger partial charge in [-0.3, -0.25) is 0 Å². The second-order valence-corrected chi connectivity index (χ2v) is 16.9. The van der Waals surface area contributed by atoms with Crippen molar-refractivity contribution >= 4 is 17.2 Å². The van der Waals surface area contributed by atoms with Gasteiger partial charge in [0.1, 0.15) is 0 Å². The Kier molecular flexibility index (Phi) is 12.5. The van der Waals surface area contributed by atoms with E-state index in [0.29, 0.717) is 11.5 Å². The molecule has 9 aromatic carbocycles. The SMILES string of the molecule is C=C(N=C(N=C(C)C1=CCCC=C1)c1cccc(-c2cccc(-c3cccc(-c4cc(-c5ccccc5)c(-c5ccccc5)c(-c5ccccc5)c4-c4ccccc4)c3)c2)c1)c1ccccc1. The van der Waals surface area contributed by atoms with Crippen molar-refractivity contribution in [1.29, 1.82) is 0 Å². The molecule has 67 heavy (non-hydrogen) atoms. The van der Waals surface area contributed by atoms with Crippen LogP contribution in [0.5, 0.6) is 0 Å². The Labute approximate surface area is 395 Å². The second kappa shape index (κ2) is 19.7. The Morgan fingerprint density at radius 2 is 0.791 bits per heavy atom. The standard InChI is InChI=1S/C65H50N2/c1-46(48-24-9-3-10-25-48)66-65(67-47(2)49-26-11-4-12-27-49)59-41-23-39-57(44-59)55-37-21-36-54(42-55)56-38-22-40-58(43-56)61-45-60(50-28-13-5-14-29-50)62(51-30-15-6-16-31-51)64(53-34-19-8-20-35-53)63(61)52-32-17-7-18-33-52/h3,5-11,13-45H,1,4,12H2,2H3. The van der Waals surface area contributed by atoms with Gasteiger partial charge in [0.25, 0.3) is 0 Å². The molecular weight excluding hydrogens is 809 g/mol. The van der Waals surface area contributed by atoms with Crippen molar-refractivity contribution < 1.29 is 0 Å². The Morgan fingerprint density at radius 3 is 1.33 bits per heavy atom. The van der Waals surface area contributed by atoms with Crippen LogP contribution in [0.4, 0.5) is 0 Å². The average Bonchev–Trinajstić information content (AvgIpc) is 3.41. The van der Waals surface area contributed by atoms with Gasteiger partial charge in [-0.05, 0) is 133 Å². The normalized spacial score (nSPS) is 12.7. The maximum absolute atomic E-state index is 5.16. The molecular formula is C65H50N2. The summed E-state index contributed by atoms with van der Waals surface area (Å²) in [5.41, 5.74) is 20.9. The van der Waals surface area contributed by atoms with Crippen LogP contribution in [-0.2, 0) is 0 Å². The van der Waals surface area contributed by atoms with Crippen molar-refractivity contribution in [3.63, 3.8) is 0 Å². The number of rotatable bonds is 11. The number of nitrogens with zero attached hydrogens (tertiary/aromatic N) is 2. The summed E-state index contributed by atoms with van der Waals surface area (Å²) in [7, 11) is 0. The molecule has 0 aromatic heterocycles. The van der Waals surface area contributed by atoms with Gasteiger partial charge in [-0.15, -0.1) is 0 Å². The quantitative estimate of drug-likeness (QED) is 0.0914. The molecule has 0 atom stereocenters. The average molecular weight is 859 g/mol. The molecule has 0 saturated carbocycles. The number of allylic oxidation sites excluding steroid dienone is 4. The molecule has 0 bridgehead atoms. The molecule has 10 rings (SSSR count). The number of aliphatic imine (C=N–C) groups is 2. The molecule has 0 radical (unpaired) electrons. The number of hydrogen-bond donors (Lipinski definition) is 0. The first-order chi connectivity index (χ1) is 33.1. The molecule has 2 heteroatoms. The van der Waals surface area contributed by atoms with E-state index in [2.05, 4.69) is 232 Å². The molecule has 0 N–H and O–H groups in total. The predicted octanol–water partition coefficient (Wildman–Crippen LogP) is 17.5. The molecule has 0 fully saturated rings. The second-order valence-electron chi connectivity index (χ2n) is 16.9. The third-order valence-electron chi connectivity index (χ3n) is 12.5. The van der Waals surface area contributed by atoms with E-state index in [0.717, 1.165) is 63.1 Å². The largest absolute Gasteiger partial charge is 0.233 e. The van der Waals surface area contributed by atoms with Crippen LogP contribution in [0.2, 0.25) is 0 Å². The topological polar surface area (TPSA) is 24.7 Å². The molecule has 2 nitrogen and oxygen atoms in total. The third kappa shape index (κ3) is 9.38. The van der Waals surface area contributed by atoms with Crippen LogP contribution in [0.15, 0.2) is 271 Å².